The lowest BCUT2D eigenvalue weighted by molar-refractivity contribution is -0.137. The fraction of sp³-hybridized carbons (Fsp3) is 0.571. The van der Waals surface area contributed by atoms with Crippen molar-refractivity contribution in [1.82, 2.24) is 19.6 Å². The topological polar surface area (TPSA) is 65.8 Å². The zero-order valence-corrected chi connectivity index (χ0v) is 17.3. The number of aromatic nitrogens is 2. The molecule has 1 saturated carbocycles. The molecule has 30 heavy (non-hydrogen) atoms. The van der Waals surface area contributed by atoms with Crippen LogP contribution in [0.2, 0.25) is 0 Å². The summed E-state index contributed by atoms with van der Waals surface area (Å²) in [5.74, 6) is -3.57. The molecule has 2 fully saturated rings. The van der Waals surface area contributed by atoms with Crippen molar-refractivity contribution in [1.29, 1.82) is 0 Å². The second kappa shape index (κ2) is 6.65. The number of alkyl halides is 2. The van der Waals surface area contributed by atoms with Crippen LogP contribution in [0.25, 0.3) is 0 Å². The first-order valence-corrected chi connectivity index (χ1v) is 10.4. The highest BCUT2D eigenvalue weighted by Crippen LogP contribution is 2.51. The van der Waals surface area contributed by atoms with Gasteiger partial charge in [-0.3, -0.25) is 9.48 Å². The van der Waals surface area contributed by atoms with Crippen molar-refractivity contribution >= 4 is 17.6 Å². The van der Waals surface area contributed by atoms with Crippen LogP contribution in [-0.4, -0.2) is 62.5 Å². The van der Waals surface area contributed by atoms with Gasteiger partial charge in [-0.05, 0) is 37.3 Å². The predicted octanol–water partition coefficient (Wildman–Crippen LogP) is 2.75. The zero-order chi connectivity index (χ0) is 21.2. The van der Waals surface area contributed by atoms with Crippen LogP contribution < -0.4 is 5.32 Å². The Balaban J connectivity index is 1.35. The normalized spacial score (nSPS) is 31.8. The molecule has 0 spiro atoms. The smallest absolute Gasteiger partial charge is 0.260 e. The molecule has 160 valence electrons. The Kier molecular flexibility index (Phi) is 4.27. The molecule has 1 aromatic heterocycles. The summed E-state index contributed by atoms with van der Waals surface area (Å²) >= 11 is 0. The first-order valence-electron chi connectivity index (χ1n) is 10.4. The van der Waals surface area contributed by atoms with E-state index in [1.165, 1.54) is 5.57 Å². The monoisotopic (exact) mass is 416 g/mol. The highest BCUT2D eigenvalue weighted by Gasteiger charge is 2.63. The number of hydrogen-bond donors (Lipinski definition) is 1. The number of rotatable bonds is 3. The van der Waals surface area contributed by atoms with Crippen molar-refractivity contribution in [3.8, 4) is 0 Å². The van der Waals surface area contributed by atoms with Crippen LogP contribution in [0.1, 0.15) is 32.6 Å². The molecule has 3 aliphatic heterocycles. The Morgan fingerprint density at radius 1 is 1.30 bits per heavy atom. The first kappa shape index (κ1) is 19.3. The summed E-state index contributed by atoms with van der Waals surface area (Å²) in [7, 11) is 3.85. The number of carbonyl (C=O) groups is 1. The van der Waals surface area contributed by atoms with Gasteiger partial charge in [-0.15, -0.1) is 0 Å². The van der Waals surface area contributed by atoms with E-state index in [0.29, 0.717) is 6.42 Å². The van der Waals surface area contributed by atoms with Gasteiger partial charge in [-0.1, -0.05) is 6.08 Å². The fourth-order valence-corrected chi connectivity index (χ4v) is 5.10. The third-order valence-electron chi connectivity index (χ3n) is 6.66. The molecule has 2 bridgehead atoms. The number of anilines is 1. The summed E-state index contributed by atoms with van der Waals surface area (Å²) in [5.41, 5.74) is 3.20. The molecule has 4 heterocycles. The molecule has 3 unspecified atom stereocenters. The second-order valence-electron chi connectivity index (χ2n) is 8.87. The molecule has 0 aromatic carbocycles. The lowest BCUT2D eigenvalue weighted by Gasteiger charge is -2.41. The quantitative estimate of drug-likeness (QED) is 0.770. The molecule has 7 nitrogen and oxygen atoms in total. The average molecular weight is 416 g/mol. The summed E-state index contributed by atoms with van der Waals surface area (Å²) in [6.45, 7) is 2.05. The summed E-state index contributed by atoms with van der Waals surface area (Å²) in [5, 5.41) is 7.49. The van der Waals surface area contributed by atoms with E-state index >= 15 is 0 Å². The van der Waals surface area contributed by atoms with E-state index in [4.69, 9.17) is 0 Å². The van der Waals surface area contributed by atoms with Gasteiger partial charge >= 0.3 is 0 Å². The Bertz CT molecular complexity index is 980. The van der Waals surface area contributed by atoms with E-state index in [1.54, 1.807) is 15.8 Å². The van der Waals surface area contributed by atoms with E-state index < -0.39 is 11.8 Å². The van der Waals surface area contributed by atoms with Crippen LogP contribution in [0.15, 0.2) is 40.8 Å². The minimum atomic E-state index is -2.81. The standard InChI is InChI=1S/C21H26F2N6O/c1-12-9-24-20(26-14-10-25-27(2)11-14)28(3)18(12)13-6-15-4-5-16(7-13)29(15)19(30)17-8-21(17,22)23/h6,9-11,15-18H,4-5,7-8H2,1-3H3,(H,24,26)/t15?,16?,17-,18?/m0/s1. The number of hydrogen-bond acceptors (Lipinski definition) is 5. The fourth-order valence-electron chi connectivity index (χ4n) is 5.10. The number of fused-ring (bicyclic) bond motifs is 2. The van der Waals surface area contributed by atoms with E-state index in [9.17, 15) is 13.6 Å². The molecular formula is C21H26F2N6O. The molecule has 1 N–H and O–H groups in total. The highest BCUT2D eigenvalue weighted by atomic mass is 19.3. The van der Waals surface area contributed by atoms with Crippen molar-refractivity contribution in [3.05, 3.63) is 35.8 Å². The maximum absolute atomic E-state index is 13.5. The molecule has 1 aliphatic carbocycles. The number of likely N-dealkylation sites (N-methyl/N-ethyl adjacent to an activating group) is 1. The van der Waals surface area contributed by atoms with Gasteiger partial charge in [0.1, 0.15) is 5.92 Å². The minimum absolute atomic E-state index is 0.00805. The Hall–Kier alpha value is -2.71. The summed E-state index contributed by atoms with van der Waals surface area (Å²) in [4.78, 5) is 21.0. The number of aryl methyl sites for hydroxylation is 1. The number of nitrogens with zero attached hydrogens (tertiary/aromatic N) is 5. The van der Waals surface area contributed by atoms with Gasteiger partial charge in [0.25, 0.3) is 5.92 Å². The summed E-state index contributed by atoms with van der Waals surface area (Å²) in [6.07, 6.45) is 9.74. The lowest BCUT2D eigenvalue weighted by atomic mass is 9.89. The third-order valence-corrected chi connectivity index (χ3v) is 6.66. The van der Waals surface area contributed by atoms with E-state index in [0.717, 1.165) is 30.1 Å². The van der Waals surface area contributed by atoms with Crippen LogP contribution in [-0.2, 0) is 11.8 Å². The van der Waals surface area contributed by atoms with Crippen molar-refractivity contribution in [2.45, 2.75) is 56.7 Å². The lowest BCUT2D eigenvalue weighted by Crippen LogP contribution is -2.49. The van der Waals surface area contributed by atoms with Gasteiger partial charge in [-0.2, -0.15) is 5.10 Å². The molecule has 1 aromatic rings. The van der Waals surface area contributed by atoms with Crippen LogP contribution >= 0.6 is 0 Å². The molecule has 4 atom stereocenters. The van der Waals surface area contributed by atoms with Gasteiger partial charge < -0.3 is 15.1 Å². The Morgan fingerprint density at radius 2 is 2.07 bits per heavy atom. The van der Waals surface area contributed by atoms with Gasteiger partial charge in [0, 0.05) is 39.0 Å². The predicted molar refractivity (Wildman–Crippen MR) is 109 cm³/mol. The van der Waals surface area contributed by atoms with Gasteiger partial charge in [0.2, 0.25) is 11.9 Å². The molecular weight excluding hydrogens is 390 g/mol. The van der Waals surface area contributed by atoms with E-state index in [1.807, 2.05) is 26.5 Å². The molecule has 4 aliphatic rings. The molecule has 1 saturated heterocycles. The van der Waals surface area contributed by atoms with Gasteiger partial charge in [-0.25, -0.2) is 13.8 Å². The second-order valence-corrected chi connectivity index (χ2v) is 8.87. The van der Waals surface area contributed by atoms with Crippen LogP contribution in [0.3, 0.4) is 0 Å². The number of amides is 1. The summed E-state index contributed by atoms with van der Waals surface area (Å²) < 4.78 is 28.7. The number of guanidine groups is 1. The van der Waals surface area contributed by atoms with Gasteiger partial charge in [0.15, 0.2) is 0 Å². The molecule has 1 amide bonds. The first-order chi connectivity index (χ1) is 14.2. The Labute approximate surface area is 174 Å². The average Bonchev–Trinajstić information content (AvgIpc) is 2.98. The highest BCUT2D eigenvalue weighted by molar-refractivity contribution is 5.95. The summed E-state index contributed by atoms with van der Waals surface area (Å²) in [6, 6.07) is -0.0458. The molecule has 0 radical (unpaired) electrons. The van der Waals surface area contributed by atoms with Crippen LogP contribution in [0.4, 0.5) is 14.5 Å². The van der Waals surface area contributed by atoms with E-state index in [-0.39, 0.29) is 30.5 Å². The molecule has 5 rings (SSSR count). The van der Waals surface area contributed by atoms with Crippen LogP contribution in [0.5, 0.6) is 0 Å². The molecule has 9 heteroatoms. The van der Waals surface area contributed by atoms with Crippen molar-refractivity contribution in [3.63, 3.8) is 0 Å². The van der Waals surface area contributed by atoms with Crippen LogP contribution in [0, 0.1) is 5.92 Å². The number of carbonyl (C=O) groups excluding carboxylic acids is 1. The number of aliphatic imine (C=N–C) groups is 1. The van der Waals surface area contributed by atoms with Crippen molar-refractivity contribution in [2.24, 2.45) is 18.0 Å². The Morgan fingerprint density at radius 3 is 2.70 bits per heavy atom. The van der Waals surface area contributed by atoms with E-state index in [2.05, 4.69) is 33.3 Å². The SMILES string of the molecule is CC1=CN=C(Nc2cnn(C)c2)N(C)C1C1=CC2CCC(C1)N2C(=O)[C@@H]1CC1(F)F. The number of nitrogens with one attached hydrogen (secondary N) is 1. The third kappa shape index (κ3) is 3.11. The minimum Gasteiger partial charge on any atom is -0.335 e. The zero-order valence-electron chi connectivity index (χ0n) is 17.3. The maximum atomic E-state index is 13.5. The van der Waals surface area contributed by atoms with Crippen molar-refractivity contribution in [2.75, 3.05) is 12.4 Å². The van der Waals surface area contributed by atoms with Gasteiger partial charge in [0.05, 0.1) is 24.0 Å². The maximum Gasteiger partial charge on any atom is 0.260 e. The van der Waals surface area contributed by atoms with Crippen molar-refractivity contribution < 1.29 is 13.6 Å². The largest absolute Gasteiger partial charge is 0.335 e. The number of halogens is 2.